The molecule has 0 aliphatic carbocycles. The van der Waals surface area contributed by atoms with Crippen LogP contribution in [0.1, 0.15) is 23.0 Å². The second kappa shape index (κ2) is 7.70. The number of carbonyl (C=O) groups is 2. The highest BCUT2D eigenvalue weighted by Crippen LogP contribution is 2.18. The van der Waals surface area contributed by atoms with Gasteiger partial charge in [0.05, 0.1) is 18.8 Å². The maximum atomic E-state index is 12.6. The van der Waals surface area contributed by atoms with Gasteiger partial charge in [-0.2, -0.15) is 0 Å². The molecule has 1 saturated heterocycles. The zero-order chi connectivity index (χ0) is 18.7. The first-order chi connectivity index (χ1) is 12.4. The van der Waals surface area contributed by atoms with Gasteiger partial charge in [0.25, 0.3) is 0 Å². The number of benzene rings is 1. The Morgan fingerprint density at radius 3 is 2.69 bits per heavy atom. The van der Waals surface area contributed by atoms with Crippen molar-refractivity contribution in [2.24, 2.45) is 0 Å². The number of hydrogen-bond acceptors (Lipinski definition) is 5. The quantitative estimate of drug-likeness (QED) is 0.882. The smallest absolute Gasteiger partial charge is 0.356 e. The molecule has 1 atom stereocenters. The van der Waals surface area contributed by atoms with Gasteiger partial charge in [0.15, 0.2) is 5.69 Å². The van der Waals surface area contributed by atoms with Gasteiger partial charge in [0.2, 0.25) is 5.91 Å². The third kappa shape index (κ3) is 4.11. The van der Waals surface area contributed by atoms with Crippen molar-refractivity contribution in [1.29, 1.82) is 0 Å². The number of piperazine rings is 1. The number of halogens is 1. The lowest BCUT2D eigenvalue weighted by atomic mass is 10.1. The van der Waals surface area contributed by atoms with Crippen molar-refractivity contribution in [2.45, 2.75) is 19.4 Å². The molecule has 2 aromatic rings. The topological polar surface area (TPSA) is 86.6 Å². The number of hydrogen-bond donors (Lipinski definition) is 1. The van der Waals surface area contributed by atoms with E-state index in [0.717, 1.165) is 5.56 Å². The summed E-state index contributed by atoms with van der Waals surface area (Å²) in [7, 11) is 0. The number of carboxylic acids is 1. The molecule has 1 aromatic carbocycles. The van der Waals surface area contributed by atoms with Crippen LogP contribution in [0.3, 0.4) is 0 Å². The molecule has 2 heterocycles. The summed E-state index contributed by atoms with van der Waals surface area (Å²) in [5.41, 5.74) is 0.810. The third-order valence-corrected chi connectivity index (χ3v) is 4.61. The van der Waals surface area contributed by atoms with Gasteiger partial charge in [-0.1, -0.05) is 23.7 Å². The van der Waals surface area contributed by atoms with E-state index in [1.807, 2.05) is 28.9 Å². The van der Waals surface area contributed by atoms with Gasteiger partial charge >= 0.3 is 5.97 Å². The second-order valence-electron chi connectivity index (χ2n) is 6.25. The molecule has 1 N–H and O–H groups in total. The fourth-order valence-corrected chi connectivity index (χ4v) is 3.27. The van der Waals surface area contributed by atoms with E-state index in [1.54, 1.807) is 12.1 Å². The summed E-state index contributed by atoms with van der Waals surface area (Å²) in [5, 5.41) is 9.52. The largest absolute Gasteiger partial charge is 0.476 e. The minimum Gasteiger partial charge on any atom is -0.476 e. The first-order valence-corrected chi connectivity index (χ1v) is 8.66. The summed E-state index contributed by atoms with van der Waals surface area (Å²) >= 11 is 5.98. The van der Waals surface area contributed by atoms with Gasteiger partial charge < -0.3 is 14.9 Å². The van der Waals surface area contributed by atoms with Gasteiger partial charge in [-0.05, 0) is 24.6 Å². The van der Waals surface area contributed by atoms with E-state index in [-0.39, 0.29) is 17.6 Å². The van der Waals surface area contributed by atoms with Crippen LogP contribution < -0.4 is 4.90 Å². The predicted octanol–water partition coefficient (Wildman–Crippen LogP) is 2.11. The highest BCUT2D eigenvalue weighted by atomic mass is 35.5. The van der Waals surface area contributed by atoms with E-state index < -0.39 is 5.97 Å². The van der Waals surface area contributed by atoms with Gasteiger partial charge in [-0.3, -0.25) is 4.79 Å². The van der Waals surface area contributed by atoms with Crippen molar-refractivity contribution in [3.8, 4) is 0 Å². The van der Waals surface area contributed by atoms with Crippen LogP contribution in [0.4, 0.5) is 5.82 Å². The Hall–Kier alpha value is -2.67. The zero-order valence-electron chi connectivity index (χ0n) is 14.3. The van der Waals surface area contributed by atoms with Crippen LogP contribution in [0.5, 0.6) is 0 Å². The zero-order valence-corrected chi connectivity index (χ0v) is 15.1. The van der Waals surface area contributed by atoms with Crippen molar-refractivity contribution in [3.63, 3.8) is 0 Å². The monoisotopic (exact) mass is 374 g/mol. The molecule has 8 heteroatoms. The van der Waals surface area contributed by atoms with E-state index in [2.05, 4.69) is 9.97 Å². The highest BCUT2D eigenvalue weighted by molar-refractivity contribution is 6.30. The van der Waals surface area contributed by atoms with E-state index >= 15 is 0 Å². The minimum atomic E-state index is -1.10. The average Bonchev–Trinajstić information content (AvgIpc) is 2.61. The van der Waals surface area contributed by atoms with Crippen LogP contribution in [0, 0.1) is 0 Å². The molecule has 26 heavy (non-hydrogen) atoms. The SMILES string of the molecule is CC1CN(c2cnc(C(=O)O)cn2)CCN1C(=O)Cc1cccc(Cl)c1. The van der Waals surface area contributed by atoms with Crippen LogP contribution in [0.25, 0.3) is 0 Å². The number of aromatic nitrogens is 2. The van der Waals surface area contributed by atoms with Crippen molar-refractivity contribution >= 4 is 29.3 Å². The summed E-state index contributed by atoms with van der Waals surface area (Å²) in [6, 6.07) is 7.33. The molecular formula is C18H19ClN4O3. The first-order valence-electron chi connectivity index (χ1n) is 8.28. The van der Waals surface area contributed by atoms with Crippen molar-refractivity contribution in [2.75, 3.05) is 24.5 Å². The van der Waals surface area contributed by atoms with Gasteiger partial charge in [-0.25, -0.2) is 14.8 Å². The number of amides is 1. The Balaban J connectivity index is 1.62. The van der Waals surface area contributed by atoms with Crippen molar-refractivity contribution in [3.05, 3.63) is 52.9 Å². The molecule has 1 fully saturated rings. The lowest BCUT2D eigenvalue weighted by molar-refractivity contribution is -0.132. The molecule has 1 amide bonds. The van der Waals surface area contributed by atoms with E-state index in [4.69, 9.17) is 16.7 Å². The molecule has 0 bridgehead atoms. The van der Waals surface area contributed by atoms with Crippen LogP contribution in [-0.4, -0.2) is 57.5 Å². The molecule has 7 nitrogen and oxygen atoms in total. The van der Waals surface area contributed by atoms with Crippen LogP contribution in [-0.2, 0) is 11.2 Å². The Bertz CT molecular complexity index is 812. The van der Waals surface area contributed by atoms with Crippen LogP contribution >= 0.6 is 11.6 Å². The molecule has 0 radical (unpaired) electrons. The Kier molecular flexibility index (Phi) is 5.37. The third-order valence-electron chi connectivity index (χ3n) is 4.37. The Labute approximate surface area is 156 Å². The maximum absolute atomic E-state index is 12.6. The average molecular weight is 375 g/mol. The van der Waals surface area contributed by atoms with Gasteiger partial charge in [-0.15, -0.1) is 0 Å². The maximum Gasteiger partial charge on any atom is 0.356 e. The fraction of sp³-hybridized carbons (Fsp3) is 0.333. The summed E-state index contributed by atoms with van der Waals surface area (Å²) in [4.78, 5) is 35.4. The molecule has 1 aliphatic heterocycles. The van der Waals surface area contributed by atoms with Gasteiger partial charge in [0, 0.05) is 30.7 Å². The molecule has 3 rings (SSSR count). The number of rotatable bonds is 4. The Morgan fingerprint density at radius 1 is 1.27 bits per heavy atom. The van der Waals surface area contributed by atoms with E-state index in [0.29, 0.717) is 36.9 Å². The predicted molar refractivity (Wildman–Crippen MR) is 97.5 cm³/mol. The van der Waals surface area contributed by atoms with Gasteiger partial charge in [0.1, 0.15) is 5.82 Å². The van der Waals surface area contributed by atoms with Crippen LogP contribution in [0.2, 0.25) is 5.02 Å². The number of nitrogens with zero attached hydrogens (tertiary/aromatic N) is 4. The molecular weight excluding hydrogens is 356 g/mol. The number of anilines is 1. The molecule has 1 aromatic heterocycles. The first kappa shape index (κ1) is 18.1. The molecule has 1 aliphatic rings. The summed E-state index contributed by atoms with van der Waals surface area (Å²) in [6.07, 6.45) is 3.02. The van der Waals surface area contributed by atoms with Crippen LogP contribution in [0.15, 0.2) is 36.7 Å². The minimum absolute atomic E-state index is 0.0105. The molecule has 1 unspecified atom stereocenters. The fourth-order valence-electron chi connectivity index (χ4n) is 3.05. The van der Waals surface area contributed by atoms with E-state index in [1.165, 1.54) is 12.4 Å². The number of carboxylic acid groups (broad SMARTS) is 1. The second-order valence-corrected chi connectivity index (χ2v) is 6.69. The summed E-state index contributed by atoms with van der Waals surface area (Å²) in [5.74, 6) is -0.427. The highest BCUT2D eigenvalue weighted by Gasteiger charge is 2.28. The number of aromatic carboxylic acids is 1. The molecule has 0 spiro atoms. The van der Waals surface area contributed by atoms with Crippen molar-refractivity contribution in [1.82, 2.24) is 14.9 Å². The standard InChI is InChI=1S/C18H19ClN4O3/c1-12-11-22(16-10-20-15(9-21-16)18(25)26)5-6-23(12)17(24)8-13-3-2-4-14(19)7-13/h2-4,7,9-10,12H,5-6,8,11H2,1H3,(H,25,26). The Morgan fingerprint density at radius 2 is 2.08 bits per heavy atom. The lowest BCUT2D eigenvalue weighted by Crippen LogP contribution is -2.54. The number of carbonyl (C=O) groups excluding carboxylic acids is 1. The summed E-state index contributed by atoms with van der Waals surface area (Å²) in [6.45, 7) is 3.79. The summed E-state index contributed by atoms with van der Waals surface area (Å²) < 4.78 is 0. The van der Waals surface area contributed by atoms with E-state index in [9.17, 15) is 9.59 Å². The van der Waals surface area contributed by atoms with Crippen molar-refractivity contribution < 1.29 is 14.7 Å². The molecule has 136 valence electrons. The lowest BCUT2D eigenvalue weighted by Gasteiger charge is -2.40. The molecule has 0 saturated carbocycles. The normalized spacial score (nSPS) is 17.2.